The van der Waals surface area contributed by atoms with Crippen molar-refractivity contribution in [2.45, 2.75) is 51.0 Å². The molecule has 31 heavy (non-hydrogen) atoms. The second kappa shape index (κ2) is 9.55. The number of H-pyrrole nitrogens is 1. The predicted octanol–water partition coefficient (Wildman–Crippen LogP) is 2.03. The second-order valence-electron chi connectivity index (χ2n) is 7.70. The van der Waals surface area contributed by atoms with Gasteiger partial charge in [-0.25, -0.2) is 9.67 Å². The van der Waals surface area contributed by atoms with E-state index in [2.05, 4.69) is 20.4 Å². The van der Waals surface area contributed by atoms with Crippen molar-refractivity contribution in [3.63, 3.8) is 0 Å². The molecule has 0 saturated heterocycles. The molecule has 0 bridgehead atoms. The maximum Gasteiger partial charge on any atom is 0.306 e. The van der Waals surface area contributed by atoms with E-state index in [-0.39, 0.29) is 37.0 Å². The first-order chi connectivity index (χ1) is 15.1. The van der Waals surface area contributed by atoms with Gasteiger partial charge in [0.1, 0.15) is 11.2 Å². The van der Waals surface area contributed by atoms with Crippen LogP contribution in [0.15, 0.2) is 41.3 Å². The number of rotatable bonds is 7. The molecule has 162 valence electrons. The van der Waals surface area contributed by atoms with E-state index < -0.39 is 5.97 Å². The van der Waals surface area contributed by atoms with Crippen LogP contribution in [0, 0.1) is 0 Å². The average molecular weight is 423 g/mol. The highest BCUT2D eigenvalue weighted by Gasteiger charge is 2.17. The Hall–Kier alpha value is -3.49. The number of carbonyl (C=O) groups is 2. The number of nitrogens with one attached hydrogen (secondary N) is 2. The van der Waals surface area contributed by atoms with Gasteiger partial charge in [-0.2, -0.15) is 5.10 Å². The van der Waals surface area contributed by atoms with E-state index in [1.54, 1.807) is 4.68 Å². The first-order valence-electron chi connectivity index (χ1n) is 10.6. The van der Waals surface area contributed by atoms with Gasteiger partial charge in [0, 0.05) is 12.5 Å². The van der Waals surface area contributed by atoms with Crippen LogP contribution in [-0.4, -0.2) is 44.3 Å². The maximum absolute atomic E-state index is 12.4. The Balaban J connectivity index is 1.34. The summed E-state index contributed by atoms with van der Waals surface area (Å²) in [4.78, 5) is 43.6. The Kier molecular flexibility index (Phi) is 6.40. The molecular formula is C22H25N5O4. The molecule has 2 aromatic heterocycles. The first kappa shape index (κ1) is 20.8. The number of fused-ring (bicyclic) bond motifs is 1. The zero-order valence-corrected chi connectivity index (χ0v) is 17.2. The Bertz CT molecular complexity index is 1120. The maximum atomic E-state index is 12.4. The van der Waals surface area contributed by atoms with Crippen molar-refractivity contribution in [2.75, 3.05) is 6.61 Å². The van der Waals surface area contributed by atoms with Crippen LogP contribution in [0.25, 0.3) is 16.7 Å². The summed E-state index contributed by atoms with van der Waals surface area (Å²) in [6, 6.07) is 9.54. The van der Waals surface area contributed by atoms with Crippen LogP contribution in [0.4, 0.5) is 0 Å². The van der Waals surface area contributed by atoms with Crippen LogP contribution in [0.3, 0.4) is 0 Å². The number of amides is 1. The van der Waals surface area contributed by atoms with Gasteiger partial charge >= 0.3 is 5.97 Å². The molecule has 2 heterocycles. The fraction of sp³-hybridized carbons (Fsp3) is 0.409. The Morgan fingerprint density at radius 2 is 1.94 bits per heavy atom. The summed E-state index contributed by atoms with van der Waals surface area (Å²) in [5.41, 5.74) is 0.887. The van der Waals surface area contributed by atoms with Crippen molar-refractivity contribution >= 4 is 22.9 Å². The van der Waals surface area contributed by atoms with Crippen LogP contribution in [0.2, 0.25) is 0 Å². The largest absolute Gasteiger partial charge is 0.456 e. The molecule has 9 heteroatoms. The summed E-state index contributed by atoms with van der Waals surface area (Å²) in [6.45, 7) is -0.293. The van der Waals surface area contributed by atoms with Crippen molar-refractivity contribution in [3.8, 4) is 5.69 Å². The number of esters is 1. The number of carbonyl (C=O) groups excluding carboxylic acids is 2. The van der Waals surface area contributed by atoms with Gasteiger partial charge in [0.2, 0.25) is 0 Å². The van der Waals surface area contributed by atoms with Crippen molar-refractivity contribution in [3.05, 3.63) is 52.7 Å². The van der Waals surface area contributed by atoms with Gasteiger partial charge in [-0.1, -0.05) is 37.5 Å². The number of aromatic amines is 1. The van der Waals surface area contributed by atoms with Gasteiger partial charge in [0.25, 0.3) is 11.5 Å². The fourth-order valence-corrected chi connectivity index (χ4v) is 3.80. The standard InChI is InChI=1S/C22H25N5O4/c28-19(24-15-7-3-1-4-8-15)14-31-20(29)12-11-18-25-21-17(22(30)26-18)13-23-27(21)16-9-5-2-6-10-16/h2,5-6,9-10,13,15H,1,3-4,7-8,11-12,14H2,(H,24,28)(H,25,26,30). The lowest BCUT2D eigenvalue weighted by Crippen LogP contribution is -2.38. The first-order valence-corrected chi connectivity index (χ1v) is 10.6. The Morgan fingerprint density at radius 1 is 1.16 bits per heavy atom. The molecule has 1 aliphatic rings. The van der Waals surface area contributed by atoms with E-state index in [0.29, 0.717) is 16.9 Å². The van der Waals surface area contributed by atoms with Crippen LogP contribution >= 0.6 is 0 Å². The van der Waals surface area contributed by atoms with Gasteiger partial charge in [0.15, 0.2) is 12.3 Å². The van der Waals surface area contributed by atoms with Gasteiger partial charge < -0.3 is 15.0 Å². The minimum absolute atomic E-state index is 0.00459. The highest BCUT2D eigenvalue weighted by Crippen LogP contribution is 2.17. The summed E-state index contributed by atoms with van der Waals surface area (Å²) < 4.78 is 6.66. The molecule has 0 aliphatic heterocycles. The zero-order valence-electron chi connectivity index (χ0n) is 17.2. The summed E-state index contributed by atoms with van der Waals surface area (Å²) in [7, 11) is 0. The topological polar surface area (TPSA) is 119 Å². The van der Waals surface area contributed by atoms with Crippen molar-refractivity contribution in [2.24, 2.45) is 0 Å². The normalized spacial score (nSPS) is 14.5. The monoisotopic (exact) mass is 423 g/mol. The van der Waals surface area contributed by atoms with Crippen LogP contribution in [0.5, 0.6) is 0 Å². The molecule has 0 radical (unpaired) electrons. The smallest absolute Gasteiger partial charge is 0.306 e. The number of hydrogen-bond donors (Lipinski definition) is 2. The minimum atomic E-state index is -0.516. The number of para-hydroxylation sites is 1. The van der Waals surface area contributed by atoms with Gasteiger partial charge in [-0.15, -0.1) is 0 Å². The van der Waals surface area contributed by atoms with Crippen LogP contribution in [0.1, 0.15) is 44.3 Å². The predicted molar refractivity (Wildman–Crippen MR) is 114 cm³/mol. The van der Waals surface area contributed by atoms with Crippen molar-refractivity contribution in [1.82, 2.24) is 25.1 Å². The van der Waals surface area contributed by atoms with Crippen LogP contribution < -0.4 is 10.9 Å². The molecule has 1 amide bonds. The van der Waals surface area contributed by atoms with Gasteiger partial charge in [0.05, 0.1) is 18.3 Å². The number of hydrogen-bond acceptors (Lipinski definition) is 6. The summed E-state index contributed by atoms with van der Waals surface area (Å²) >= 11 is 0. The molecule has 0 unspecified atom stereocenters. The number of benzene rings is 1. The van der Waals surface area contributed by atoms with E-state index in [4.69, 9.17) is 4.74 Å². The lowest BCUT2D eigenvalue weighted by atomic mass is 9.95. The van der Waals surface area contributed by atoms with E-state index in [1.807, 2.05) is 30.3 Å². The molecule has 9 nitrogen and oxygen atoms in total. The Morgan fingerprint density at radius 3 is 2.71 bits per heavy atom. The third-order valence-electron chi connectivity index (χ3n) is 5.39. The third kappa shape index (κ3) is 5.17. The Labute approximate surface area is 178 Å². The zero-order chi connectivity index (χ0) is 21.6. The van der Waals surface area contributed by atoms with E-state index >= 15 is 0 Å². The minimum Gasteiger partial charge on any atom is -0.456 e. The molecule has 3 aromatic rings. The highest BCUT2D eigenvalue weighted by atomic mass is 16.5. The average Bonchev–Trinajstić information content (AvgIpc) is 3.22. The van der Waals surface area contributed by atoms with Gasteiger partial charge in [-0.05, 0) is 25.0 Å². The number of aromatic nitrogens is 4. The quantitative estimate of drug-likeness (QED) is 0.561. The number of aryl methyl sites for hydroxylation is 1. The second-order valence-corrected chi connectivity index (χ2v) is 7.70. The fourth-order valence-electron chi connectivity index (χ4n) is 3.80. The van der Waals surface area contributed by atoms with E-state index in [0.717, 1.165) is 31.4 Å². The third-order valence-corrected chi connectivity index (χ3v) is 5.39. The molecule has 1 aromatic carbocycles. The molecular weight excluding hydrogens is 398 g/mol. The van der Waals surface area contributed by atoms with Crippen molar-refractivity contribution in [1.29, 1.82) is 0 Å². The molecule has 1 fully saturated rings. The van der Waals surface area contributed by atoms with E-state index in [9.17, 15) is 14.4 Å². The lowest BCUT2D eigenvalue weighted by molar-refractivity contribution is -0.148. The van der Waals surface area contributed by atoms with Crippen LogP contribution in [-0.2, 0) is 20.7 Å². The number of nitrogens with zero attached hydrogens (tertiary/aromatic N) is 3. The molecule has 1 saturated carbocycles. The molecule has 4 rings (SSSR count). The number of ether oxygens (including phenoxy) is 1. The molecule has 0 spiro atoms. The van der Waals surface area contributed by atoms with Gasteiger partial charge in [-0.3, -0.25) is 14.4 Å². The van der Waals surface area contributed by atoms with E-state index in [1.165, 1.54) is 12.6 Å². The molecule has 1 aliphatic carbocycles. The summed E-state index contributed by atoms with van der Waals surface area (Å²) in [5.74, 6) is -0.433. The highest BCUT2D eigenvalue weighted by molar-refractivity contribution is 5.80. The summed E-state index contributed by atoms with van der Waals surface area (Å²) in [5, 5.41) is 7.54. The van der Waals surface area contributed by atoms with Crippen molar-refractivity contribution < 1.29 is 14.3 Å². The molecule has 0 atom stereocenters. The SMILES string of the molecule is O=C(COC(=O)CCc1nc2c(cnn2-c2ccccc2)c(=O)[nH]1)NC1CCCCC1. The molecule has 2 N–H and O–H groups in total. The summed E-state index contributed by atoms with van der Waals surface area (Å²) in [6.07, 6.45) is 7.04. The lowest BCUT2D eigenvalue weighted by Gasteiger charge is -2.22.